The molecule has 0 spiro atoms. The Kier molecular flexibility index (Phi) is 13.2. The monoisotopic (exact) mass is 444 g/mol. The summed E-state index contributed by atoms with van der Waals surface area (Å²) in [4.78, 5) is 0. The van der Waals surface area contributed by atoms with E-state index in [-0.39, 0.29) is 15.8 Å². The average molecular weight is 445 g/mol. The van der Waals surface area contributed by atoms with Crippen molar-refractivity contribution >= 4 is 26.6 Å². The van der Waals surface area contributed by atoms with Crippen molar-refractivity contribution < 1.29 is 0 Å². The zero-order chi connectivity index (χ0) is 21.6. The van der Waals surface area contributed by atoms with Gasteiger partial charge in [0.25, 0.3) is 0 Å². The molecular formula is C28H46P2. The van der Waals surface area contributed by atoms with Gasteiger partial charge in [0.15, 0.2) is 0 Å². The van der Waals surface area contributed by atoms with Crippen molar-refractivity contribution in [2.24, 2.45) is 0 Å². The molecule has 0 fully saturated rings. The van der Waals surface area contributed by atoms with Crippen LogP contribution in [0.15, 0.2) is 36.4 Å². The largest absolute Gasteiger partial charge is 0.102 e. The van der Waals surface area contributed by atoms with E-state index < -0.39 is 0 Å². The molecule has 0 aliphatic heterocycles. The van der Waals surface area contributed by atoms with Crippen LogP contribution in [0.25, 0.3) is 10.8 Å². The van der Waals surface area contributed by atoms with Crippen LogP contribution < -0.4 is 0 Å². The van der Waals surface area contributed by atoms with Crippen LogP contribution in [0.5, 0.6) is 0 Å². The van der Waals surface area contributed by atoms with Crippen LogP contribution in [-0.4, -0.2) is 24.6 Å². The summed E-state index contributed by atoms with van der Waals surface area (Å²) in [6, 6.07) is 14.6. The second kappa shape index (κ2) is 15.4. The van der Waals surface area contributed by atoms with Crippen molar-refractivity contribution in [3.8, 4) is 0 Å². The van der Waals surface area contributed by atoms with Crippen LogP contribution in [0.3, 0.4) is 0 Å². The molecule has 2 aromatic rings. The topological polar surface area (TPSA) is 0 Å². The Morgan fingerprint density at radius 1 is 0.500 bits per heavy atom. The minimum atomic E-state index is 0.168. The fourth-order valence-corrected chi connectivity index (χ4v) is 9.68. The van der Waals surface area contributed by atoms with Gasteiger partial charge in [0, 0.05) is 0 Å². The Labute approximate surface area is 190 Å². The molecule has 0 nitrogen and oxygen atoms in total. The molecule has 0 radical (unpaired) electrons. The van der Waals surface area contributed by atoms with Crippen LogP contribution in [0.1, 0.15) is 90.2 Å². The molecule has 168 valence electrons. The van der Waals surface area contributed by atoms with Crippen molar-refractivity contribution in [1.82, 2.24) is 0 Å². The minimum absolute atomic E-state index is 0.168. The third-order valence-electron chi connectivity index (χ3n) is 6.09. The van der Waals surface area contributed by atoms with Gasteiger partial charge < -0.3 is 0 Å². The lowest BCUT2D eigenvalue weighted by Gasteiger charge is -2.19. The molecule has 2 rings (SSSR count). The molecule has 0 heterocycles. The van der Waals surface area contributed by atoms with E-state index in [2.05, 4.69) is 64.1 Å². The summed E-state index contributed by atoms with van der Waals surface area (Å²) in [5, 5.41) is 2.90. The van der Waals surface area contributed by atoms with Crippen molar-refractivity contribution in [3.05, 3.63) is 47.5 Å². The summed E-state index contributed by atoms with van der Waals surface area (Å²) in [5.41, 5.74) is 3.14. The molecule has 0 atom stereocenters. The summed E-state index contributed by atoms with van der Waals surface area (Å²) in [5.74, 6) is 0. The lowest BCUT2D eigenvalue weighted by molar-refractivity contribution is 0.865. The Bertz CT molecular complexity index is 632. The summed E-state index contributed by atoms with van der Waals surface area (Å²) < 4.78 is 0. The summed E-state index contributed by atoms with van der Waals surface area (Å²) in [6.07, 6.45) is 19.5. The van der Waals surface area contributed by atoms with Crippen molar-refractivity contribution in [1.29, 1.82) is 0 Å². The SMILES string of the molecule is CCCCP(CCCC)Cc1ccc2cc(CP(CCCC)CCCC)ccc2c1. The number of hydrogen-bond donors (Lipinski definition) is 0. The lowest BCUT2D eigenvalue weighted by atomic mass is 10.1. The van der Waals surface area contributed by atoms with Gasteiger partial charge in [-0.3, -0.25) is 0 Å². The molecule has 0 bridgehead atoms. The normalized spacial score (nSPS) is 11.8. The fraction of sp³-hybridized carbons (Fsp3) is 0.643. The minimum Gasteiger partial charge on any atom is -0.102 e. The van der Waals surface area contributed by atoms with E-state index in [1.165, 1.54) is 99.1 Å². The number of rotatable bonds is 16. The van der Waals surface area contributed by atoms with Gasteiger partial charge >= 0.3 is 0 Å². The number of fused-ring (bicyclic) bond motifs is 1. The van der Waals surface area contributed by atoms with Gasteiger partial charge in [0.2, 0.25) is 0 Å². The highest BCUT2D eigenvalue weighted by atomic mass is 31.1. The first kappa shape index (κ1) is 25.8. The van der Waals surface area contributed by atoms with Gasteiger partial charge in [-0.05, 0) is 84.6 Å². The van der Waals surface area contributed by atoms with Gasteiger partial charge in [-0.25, -0.2) is 0 Å². The molecule has 0 amide bonds. The zero-order valence-corrected chi connectivity index (χ0v) is 22.0. The molecule has 0 unspecified atom stereocenters. The summed E-state index contributed by atoms with van der Waals surface area (Å²) in [7, 11) is 0.337. The van der Waals surface area contributed by atoms with Gasteiger partial charge in [-0.1, -0.05) is 89.8 Å². The van der Waals surface area contributed by atoms with E-state index in [1.807, 2.05) is 0 Å². The Hall–Kier alpha value is -0.440. The van der Waals surface area contributed by atoms with E-state index in [4.69, 9.17) is 0 Å². The number of benzene rings is 2. The zero-order valence-electron chi connectivity index (χ0n) is 20.3. The highest BCUT2D eigenvalue weighted by Gasteiger charge is 2.11. The molecule has 0 aromatic heterocycles. The van der Waals surface area contributed by atoms with Crippen LogP contribution in [0.4, 0.5) is 0 Å². The summed E-state index contributed by atoms with van der Waals surface area (Å²) in [6.45, 7) is 9.32. The third-order valence-corrected chi connectivity index (χ3v) is 11.5. The smallest absolute Gasteiger partial charge is 0.00729 e. The molecule has 30 heavy (non-hydrogen) atoms. The molecule has 0 saturated heterocycles. The first-order valence-corrected chi connectivity index (χ1v) is 16.5. The van der Waals surface area contributed by atoms with Gasteiger partial charge in [0.05, 0.1) is 0 Å². The highest BCUT2D eigenvalue weighted by molar-refractivity contribution is 7.57. The quantitative estimate of drug-likeness (QED) is 0.226. The predicted octanol–water partition coefficient (Wildman–Crippen LogP) is 10.0. The first-order chi connectivity index (χ1) is 14.7. The summed E-state index contributed by atoms with van der Waals surface area (Å²) >= 11 is 0. The van der Waals surface area contributed by atoms with Crippen molar-refractivity contribution in [2.45, 2.75) is 91.4 Å². The first-order valence-electron chi connectivity index (χ1n) is 12.7. The molecule has 2 heteroatoms. The molecular weight excluding hydrogens is 398 g/mol. The molecule has 0 N–H and O–H groups in total. The predicted molar refractivity (Wildman–Crippen MR) is 144 cm³/mol. The standard InChI is InChI=1S/C28H46P2/c1-5-9-17-29(18-10-6-2)23-25-13-15-28-22-26(14-16-27(28)21-25)24-30(19-11-7-3)20-12-8-4/h13-16,21-22H,5-12,17-20,23-24H2,1-4H3. The fourth-order valence-electron chi connectivity index (χ4n) is 4.12. The maximum atomic E-state index is 2.49. The van der Waals surface area contributed by atoms with Crippen LogP contribution in [0, 0.1) is 0 Å². The molecule has 0 saturated carbocycles. The van der Waals surface area contributed by atoms with E-state index >= 15 is 0 Å². The highest BCUT2D eigenvalue weighted by Crippen LogP contribution is 2.43. The second-order valence-corrected chi connectivity index (χ2v) is 14.1. The van der Waals surface area contributed by atoms with E-state index in [9.17, 15) is 0 Å². The van der Waals surface area contributed by atoms with Crippen LogP contribution in [0.2, 0.25) is 0 Å². The maximum Gasteiger partial charge on any atom is -0.00729 e. The molecule has 0 aliphatic rings. The van der Waals surface area contributed by atoms with E-state index in [0.717, 1.165) is 0 Å². The Balaban J connectivity index is 2.06. The average Bonchev–Trinajstić information content (AvgIpc) is 2.77. The van der Waals surface area contributed by atoms with Crippen molar-refractivity contribution in [3.63, 3.8) is 0 Å². The number of hydrogen-bond acceptors (Lipinski definition) is 0. The molecule has 2 aromatic carbocycles. The Morgan fingerprint density at radius 2 is 0.833 bits per heavy atom. The van der Waals surface area contributed by atoms with Crippen molar-refractivity contribution in [2.75, 3.05) is 24.6 Å². The molecule has 0 aliphatic carbocycles. The van der Waals surface area contributed by atoms with Gasteiger partial charge in [-0.15, -0.1) is 15.8 Å². The van der Waals surface area contributed by atoms with Crippen LogP contribution in [-0.2, 0) is 12.3 Å². The van der Waals surface area contributed by atoms with Gasteiger partial charge in [-0.2, -0.15) is 0 Å². The third kappa shape index (κ3) is 9.37. The Morgan fingerprint density at radius 3 is 1.13 bits per heavy atom. The van der Waals surface area contributed by atoms with Gasteiger partial charge in [0.1, 0.15) is 0 Å². The maximum absolute atomic E-state index is 2.49. The van der Waals surface area contributed by atoms with E-state index in [0.29, 0.717) is 0 Å². The lowest BCUT2D eigenvalue weighted by Crippen LogP contribution is -1.96. The number of unbranched alkanes of at least 4 members (excludes halogenated alkanes) is 4. The van der Waals surface area contributed by atoms with Crippen LogP contribution >= 0.6 is 15.8 Å². The van der Waals surface area contributed by atoms with E-state index in [1.54, 1.807) is 11.1 Å². The second-order valence-electron chi connectivity index (χ2n) is 8.98.